The summed E-state index contributed by atoms with van der Waals surface area (Å²) in [6.45, 7) is 2.93. The van der Waals surface area contributed by atoms with Crippen molar-refractivity contribution < 1.29 is 19.4 Å². The number of carboxylic acid groups (broad SMARTS) is 1. The van der Waals surface area contributed by atoms with Crippen molar-refractivity contribution in [3.63, 3.8) is 0 Å². The molecule has 1 aromatic rings. The van der Waals surface area contributed by atoms with Crippen LogP contribution in [0.3, 0.4) is 0 Å². The number of hydrogen-bond acceptors (Lipinski definition) is 5. The standard InChI is InChI=1S/C12H14N2O5/c1-2-19-12(18)9-6-14(9)5-7-3-4-8(11(16)17)13-10(7)15/h3-4,9H,2,5-6H2,1H3,(H,13,15)(H,16,17). The maximum atomic E-state index is 11.6. The molecule has 0 aliphatic carbocycles. The third kappa shape index (κ3) is 3.00. The van der Waals surface area contributed by atoms with Crippen molar-refractivity contribution in [1.82, 2.24) is 9.88 Å². The Morgan fingerprint density at radius 1 is 1.53 bits per heavy atom. The van der Waals surface area contributed by atoms with Crippen LogP contribution in [0.4, 0.5) is 0 Å². The van der Waals surface area contributed by atoms with Crippen molar-refractivity contribution in [3.8, 4) is 0 Å². The maximum Gasteiger partial charge on any atom is 0.352 e. The number of ether oxygens (including phenoxy) is 1. The SMILES string of the molecule is CCOC(=O)C1CN1Cc1ccc(C(=O)O)[nH]c1=O. The average Bonchev–Trinajstić information content (AvgIpc) is 3.11. The van der Waals surface area contributed by atoms with E-state index in [0.717, 1.165) is 0 Å². The fourth-order valence-corrected chi connectivity index (χ4v) is 1.78. The largest absolute Gasteiger partial charge is 0.477 e. The highest BCUT2D eigenvalue weighted by atomic mass is 16.5. The molecule has 0 bridgehead atoms. The molecule has 2 unspecified atom stereocenters. The number of carboxylic acids is 1. The van der Waals surface area contributed by atoms with Crippen molar-refractivity contribution >= 4 is 11.9 Å². The van der Waals surface area contributed by atoms with E-state index in [2.05, 4.69) is 4.98 Å². The van der Waals surface area contributed by atoms with E-state index in [9.17, 15) is 14.4 Å². The first-order valence-electron chi connectivity index (χ1n) is 5.89. The van der Waals surface area contributed by atoms with Crippen LogP contribution in [-0.4, -0.2) is 46.1 Å². The minimum Gasteiger partial charge on any atom is -0.477 e. The zero-order valence-electron chi connectivity index (χ0n) is 10.4. The van der Waals surface area contributed by atoms with Gasteiger partial charge >= 0.3 is 11.9 Å². The van der Waals surface area contributed by atoms with Crippen LogP contribution >= 0.6 is 0 Å². The number of rotatable bonds is 5. The summed E-state index contributed by atoms with van der Waals surface area (Å²) in [4.78, 5) is 37.8. The monoisotopic (exact) mass is 266 g/mol. The highest BCUT2D eigenvalue weighted by molar-refractivity contribution is 5.85. The molecule has 1 aliphatic rings. The first kappa shape index (κ1) is 13.3. The molecular weight excluding hydrogens is 252 g/mol. The van der Waals surface area contributed by atoms with E-state index in [-0.39, 0.29) is 17.7 Å². The minimum absolute atomic E-state index is 0.151. The molecule has 19 heavy (non-hydrogen) atoms. The second kappa shape index (κ2) is 5.23. The second-order valence-corrected chi connectivity index (χ2v) is 4.23. The van der Waals surface area contributed by atoms with Crippen molar-refractivity contribution in [2.24, 2.45) is 0 Å². The van der Waals surface area contributed by atoms with Crippen LogP contribution in [0.5, 0.6) is 0 Å². The molecule has 2 atom stereocenters. The van der Waals surface area contributed by atoms with Crippen molar-refractivity contribution in [1.29, 1.82) is 0 Å². The molecule has 0 radical (unpaired) electrons. The van der Waals surface area contributed by atoms with Gasteiger partial charge in [0.05, 0.1) is 6.61 Å². The van der Waals surface area contributed by atoms with E-state index < -0.39 is 11.5 Å². The van der Waals surface area contributed by atoms with Gasteiger partial charge in [-0.15, -0.1) is 0 Å². The Balaban J connectivity index is 2.00. The third-order valence-electron chi connectivity index (χ3n) is 2.87. The topological polar surface area (TPSA) is 99.5 Å². The van der Waals surface area contributed by atoms with Crippen LogP contribution in [0.1, 0.15) is 23.0 Å². The summed E-state index contributed by atoms with van der Waals surface area (Å²) in [6, 6.07) is 2.50. The number of aromatic amines is 1. The first-order chi connectivity index (χ1) is 9.02. The Morgan fingerprint density at radius 2 is 2.26 bits per heavy atom. The van der Waals surface area contributed by atoms with Gasteiger partial charge in [-0.05, 0) is 19.1 Å². The van der Waals surface area contributed by atoms with Crippen LogP contribution in [-0.2, 0) is 16.1 Å². The Morgan fingerprint density at radius 3 is 2.84 bits per heavy atom. The van der Waals surface area contributed by atoms with E-state index in [1.807, 2.05) is 0 Å². The molecule has 0 amide bonds. The predicted molar refractivity (Wildman–Crippen MR) is 64.9 cm³/mol. The number of aromatic carboxylic acids is 1. The number of carbonyl (C=O) groups is 2. The highest BCUT2D eigenvalue weighted by Crippen LogP contribution is 2.21. The zero-order chi connectivity index (χ0) is 14.0. The molecule has 1 fully saturated rings. The van der Waals surface area contributed by atoms with Gasteiger partial charge in [0, 0.05) is 18.7 Å². The van der Waals surface area contributed by atoms with Crippen molar-refractivity contribution in [2.75, 3.05) is 13.2 Å². The van der Waals surface area contributed by atoms with E-state index in [0.29, 0.717) is 25.3 Å². The van der Waals surface area contributed by atoms with Gasteiger partial charge in [-0.3, -0.25) is 14.5 Å². The summed E-state index contributed by atoms with van der Waals surface area (Å²) in [7, 11) is 0. The smallest absolute Gasteiger partial charge is 0.352 e. The number of hydrogen-bond donors (Lipinski definition) is 2. The van der Waals surface area contributed by atoms with Crippen LogP contribution in [0, 0.1) is 0 Å². The van der Waals surface area contributed by atoms with Crippen molar-refractivity contribution in [3.05, 3.63) is 33.7 Å². The molecule has 0 saturated carbocycles. The first-order valence-corrected chi connectivity index (χ1v) is 5.89. The number of carbonyl (C=O) groups excluding carboxylic acids is 1. The predicted octanol–water partition coefficient (Wildman–Crippen LogP) is -0.180. The van der Waals surface area contributed by atoms with Gasteiger partial charge in [0.2, 0.25) is 0 Å². The summed E-state index contributed by atoms with van der Waals surface area (Å²) in [5.41, 5.74) is -0.173. The van der Waals surface area contributed by atoms with Gasteiger partial charge in [0.25, 0.3) is 5.56 Å². The zero-order valence-corrected chi connectivity index (χ0v) is 10.4. The van der Waals surface area contributed by atoms with Gasteiger partial charge in [-0.2, -0.15) is 0 Å². The molecular formula is C12H14N2O5. The molecule has 0 aromatic carbocycles. The van der Waals surface area contributed by atoms with Gasteiger partial charge in [0.15, 0.2) is 0 Å². The van der Waals surface area contributed by atoms with E-state index in [4.69, 9.17) is 9.84 Å². The minimum atomic E-state index is -1.18. The number of esters is 1. The molecule has 2 N–H and O–H groups in total. The van der Waals surface area contributed by atoms with Crippen LogP contribution < -0.4 is 5.56 Å². The molecule has 102 valence electrons. The Labute approximate surface area is 108 Å². The third-order valence-corrected chi connectivity index (χ3v) is 2.87. The molecule has 7 heteroatoms. The number of nitrogens with zero attached hydrogens (tertiary/aromatic N) is 1. The molecule has 0 spiro atoms. The van der Waals surface area contributed by atoms with Gasteiger partial charge in [-0.25, -0.2) is 4.79 Å². The second-order valence-electron chi connectivity index (χ2n) is 4.23. The van der Waals surface area contributed by atoms with Gasteiger partial charge < -0.3 is 14.8 Å². The lowest BCUT2D eigenvalue weighted by Crippen LogP contribution is -2.21. The van der Waals surface area contributed by atoms with Crippen LogP contribution in [0.25, 0.3) is 0 Å². The fraction of sp³-hybridized carbons (Fsp3) is 0.417. The van der Waals surface area contributed by atoms with Gasteiger partial charge in [-0.1, -0.05) is 0 Å². The summed E-state index contributed by atoms with van der Waals surface area (Å²) < 4.78 is 4.87. The van der Waals surface area contributed by atoms with E-state index in [1.165, 1.54) is 12.1 Å². The number of H-pyrrole nitrogens is 1. The normalized spacial score (nSPS) is 20.9. The van der Waals surface area contributed by atoms with Gasteiger partial charge in [0.1, 0.15) is 11.7 Å². The average molecular weight is 266 g/mol. The summed E-state index contributed by atoms with van der Waals surface area (Å²) in [5.74, 6) is -1.47. The Kier molecular flexibility index (Phi) is 3.66. The van der Waals surface area contributed by atoms with E-state index >= 15 is 0 Å². The Hall–Kier alpha value is -2.15. The number of aromatic nitrogens is 1. The van der Waals surface area contributed by atoms with E-state index in [1.54, 1.807) is 11.8 Å². The molecule has 2 rings (SSSR count). The molecule has 1 aromatic heterocycles. The highest BCUT2D eigenvalue weighted by Gasteiger charge is 2.41. The fourth-order valence-electron chi connectivity index (χ4n) is 1.78. The number of nitrogens with one attached hydrogen (secondary N) is 1. The van der Waals surface area contributed by atoms with Crippen LogP contribution in [0.15, 0.2) is 16.9 Å². The van der Waals surface area contributed by atoms with Crippen LogP contribution in [0.2, 0.25) is 0 Å². The lowest BCUT2D eigenvalue weighted by Gasteiger charge is -2.04. The molecule has 1 aliphatic heterocycles. The molecule has 7 nitrogen and oxygen atoms in total. The summed E-state index contributed by atoms with van der Waals surface area (Å²) in [6.07, 6.45) is 0. The number of pyridine rings is 1. The molecule has 1 saturated heterocycles. The lowest BCUT2D eigenvalue weighted by molar-refractivity contribution is -0.143. The maximum absolute atomic E-state index is 11.6. The Bertz CT molecular complexity index is 565. The summed E-state index contributed by atoms with van der Waals surface area (Å²) in [5, 5.41) is 8.73. The quantitative estimate of drug-likeness (QED) is 0.566. The van der Waals surface area contributed by atoms with Crippen molar-refractivity contribution in [2.45, 2.75) is 19.5 Å². The molecule has 2 heterocycles. The lowest BCUT2D eigenvalue weighted by atomic mass is 10.2. The summed E-state index contributed by atoms with van der Waals surface area (Å²) >= 11 is 0.